The van der Waals surface area contributed by atoms with Gasteiger partial charge >= 0.3 is 0 Å². The fraction of sp³-hybridized carbons (Fsp3) is 0.0805. The van der Waals surface area contributed by atoms with E-state index in [1.165, 1.54) is 151 Å². The lowest BCUT2D eigenvalue weighted by Gasteiger charge is -2.33. The summed E-state index contributed by atoms with van der Waals surface area (Å²) in [7, 11) is 0. The summed E-state index contributed by atoms with van der Waals surface area (Å²) in [5, 5.41) is 10.4. The van der Waals surface area contributed by atoms with Crippen molar-refractivity contribution in [2.24, 2.45) is 0 Å². The molecule has 0 aliphatic heterocycles. The number of hydrogen-bond donors (Lipinski definition) is 0. The van der Waals surface area contributed by atoms with Crippen LogP contribution in [0.2, 0.25) is 0 Å². The third kappa shape index (κ3) is 8.09. The molecule has 0 atom stereocenters. The van der Waals surface area contributed by atoms with E-state index in [9.17, 15) is 0 Å². The molecule has 2 heterocycles. The number of rotatable bonds is 10. The van der Waals surface area contributed by atoms with E-state index in [0.717, 1.165) is 22.7 Å². The van der Waals surface area contributed by atoms with Crippen LogP contribution in [-0.2, 0) is 5.41 Å². The van der Waals surface area contributed by atoms with Gasteiger partial charge in [-0.1, -0.05) is 222 Å². The van der Waals surface area contributed by atoms with Crippen molar-refractivity contribution in [3.8, 4) is 44.5 Å². The van der Waals surface area contributed by atoms with Crippen LogP contribution in [0.25, 0.3) is 106 Å². The first-order valence-corrected chi connectivity index (χ1v) is 33.6. The average molecular weight is 1200 g/mol. The predicted octanol–water partition coefficient (Wildman–Crippen LogP) is 25.6. The Balaban J connectivity index is 0.825. The minimum atomic E-state index is -0.601. The van der Waals surface area contributed by atoms with Crippen molar-refractivity contribution in [2.45, 2.75) is 44.9 Å². The van der Waals surface area contributed by atoms with Crippen molar-refractivity contribution >= 4 is 119 Å². The second-order valence-corrected chi connectivity index (χ2v) is 27.5. The molecule has 2 aromatic heterocycles. The van der Waals surface area contributed by atoms with Gasteiger partial charge in [0.2, 0.25) is 0 Å². The molecule has 0 saturated heterocycles. The number of thiophene rings is 2. The number of anilines is 6. The smallest absolute Gasteiger partial charge is 0.0737 e. The minimum Gasteiger partial charge on any atom is -0.309 e. The first-order chi connectivity index (χ1) is 44.8. The maximum Gasteiger partial charge on any atom is 0.0737 e. The summed E-state index contributed by atoms with van der Waals surface area (Å²) >= 11 is 3.75. The molecule has 4 heteroatoms. The zero-order valence-electron chi connectivity index (χ0n) is 51.1. The highest BCUT2D eigenvalue weighted by Gasteiger charge is 2.54. The Bertz CT molecular complexity index is 5280. The summed E-state index contributed by atoms with van der Waals surface area (Å²) in [5.41, 5.74) is 24.6. The van der Waals surface area contributed by atoms with Gasteiger partial charge in [-0.2, -0.15) is 0 Å². The lowest BCUT2D eigenvalue weighted by Crippen LogP contribution is -2.26. The quantitative estimate of drug-likeness (QED) is 0.135. The van der Waals surface area contributed by atoms with Gasteiger partial charge in [0.15, 0.2) is 0 Å². The Labute approximate surface area is 538 Å². The molecule has 0 amide bonds. The molecular weight excluding hydrogens is 1140 g/mol. The number of benzene rings is 14. The first kappa shape index (κ1) is 53.6. The van der Waals surface area contributed by atoms with Gasteiger partial charge in [0.25, 0.3) is 0 Å². The third-order valence-corrected chi connectivity index (χ3v) is 22.1. The van der Waals surface area contributed by atoms with E-state index in [0.29, 0.717) is 0 Å². The Morgan fingerprint density at radius 1 is 0.275 bits per heavy atom. The summed E-state index contributed by atoms with van der Waals surface area (Å²) in [6.45, 7) is 9.53. The molecule has 0 saturated carbocycles. The molecule has 2 aliphatic rings. The van der Waals surface area contributed by atoms with Crippen LogP contribution in [0.4, 0.5) is 34.1 Å². The normalized spacial score (nSPS) is 12.9. The molecule has 2 aliphatic carbocycles. The van der Waals surface area contributed by atoms with Crippen LogP contribution in [0.5, 0.6) is 0 Å². The molecule has 0 unspecified atom stereocenters. The van der Waals surface area contributed by atoms with Gasteiger partial charge in [0.05, 0.1) is 26.2 Å². The summed E-state index contributed by atoms with van der Waals surface area (Å²) < 4.78 is 5.17. The summed E-state index contributed by atoms with van der Waals surface area (Å²) in [4.78, 5) is 4.91. The SMILES string of the molecule is CC(C)c1cc2c(c3ccc(-c4cccc(N(c5ccccc5)c5cccc6c5sc5ccccc56)c4)cc13)C1(c3ccccc3-c3ccccc31)c1c-2cc(C(C)C)c2cc(-c3cccc(N(c4ccccc4)c4cccc5c4sc4ccccc45)c3)ccc12. The van der Waals surface area contributed by atoms with Crippen molar-refractivity contribution < 1.29 is 0 Å². The van der Waals surface area contributed by atoms with Crippen LogP contribution >= 0.6 is 22.7 Å². The standard InChI is InChI=1S/C87H62N2S2/c1-53(2)71-51-75-76-52-72(54(3)4)74-50-58(56-24-20-30-62(48-56)89(60-27-9-6-10-28-60)80-40-22-36-70-66-34-14-18-42-82(66)91-86(70)80)44-46-68(74)84(76)87(77-37-15-11-31-63(77)64-32-12-16-38-78(64)87)83(75)67-45-43-57(49-73(67)71)55-23-19-29-61(47-55)88(59-25-7-5-8-26-59)79-39-21-35-69-65-33-13-17-41-81(65)90-85(69)79/h5-54H,1-4H3. The molecule has 0 N–H and O–H groups in total. The minimum absolute atomic E-state index is 0.256. The van der Waals surface area contributed by atoms with Crippen LogP contribution < -0.4 is 9.80 Å². The van der Waals surface area contributed by atoms with Gasteiger partial charge in [-0.05, 0) is 208 Å². The first-order valence-electron chi connectivity index (χ1n) is 31.9. The van der Waals surface area contributed by atoms with Crippen LogP contribution in [0.3, 0.4) is 0 Å². The highest BCUT2D eigenvalue weighted by Crippen LogP contribution is 2.67. The topological polar surface area (TPSA) is 6.48 Å². The zero-order chi connectivity index (χ0) is 60.6. The summed E-state index contributed by atoms with van der Waals surface area (Å²) in [6.07, 6.45) is 0. The van der Waals surface area contributed by atoms with E-state index in [1.807, 2.05) is 22.7 Å². The summed E-state index contributed by atoms with van der Waals surface area (Å²) in [6, 6.07) is 110. The van der Waals surface area contributed by atoms with Crippen LogP contribution in [0, 0.1) is 0 Å². The van der Waals surface area contributed by atoms with Crippen molar-refractivity contribution in [2.75, 3.05) is 9.80 Å². The van der Waals surface area contributed by atoms with E-state index in [1.54, 1.807) is 0 Å². The fourth-order valence-corrected chi connectivity index (χ4v) is 18.2. The third-order valence-electron chi connectivity index (χ3n) is 19.7. The largest absolute Gasteiger partial charge is 0.309 e. The van der Waals surface area contributed by atoms with Gasteiger partial charge < -0.3 is 9.80 Å². The van der Waals surface area contributed by atoms with Gasteiger partial charge in [-0.25, -0.2) is 0 Å². The lowest BCUT2D eigenvalue weighted by molar-refractivity contribution is 0.806. The number of hydrogen-bond acceptors (Lipinski definition) is 4. The second kappa shape index (κ2) is 20.9. The molecule has 0 bridgehead atoms. The van der Waals surface area contributed by atoms with E-state index in [2.05, 4.69) is 329 Å². The Kier molecular flexibility index (Phi) is 12.3. The van der Waals surface area contributed by atoms with Crippen LogP contribution in [0.15, 0.2) is 291 Å². The molecule has 1 spiro atoms. The molecule has 0 fully saturated rings. The second-order valence-electron chi connectivity index (χ2n) is 25.4. The molecule has 16 aromatic rings. The van der Waals surface area contributed by atoms with Crippen molar-refractivity contribution in [1.82, 2.24) is 0 Å². The molecule has 14 aromatic carbocycles. The van der Waals surface area contributed by atoms with Gasteiger partial charge in [-0.15, -0.1) is 22.7 Å². The van der Waals surface area contributed by atoms with Crippen molar-refractivity contribution in [3.63, 3.8) is 0 Å². The van der Waals surface area contributed by atoms with Gasteiger partial charge in [0.1, 0.15) is 0 Å². The zero-order valence-corrected chi connectivity index (χ0v) is 52.7. The highest BCUT2D eigenvalue weighted by molar-refractivity contribution is 7.26. The highest BCUT2D eigenvalue weighted by atomic mass is 32.1. The maximum absolute atomic E-state index is 2.61. The molecule has 2 nitrogen and oxygen atoms in total. The van der Waals surface area contributed by atoms with Crippen LogP contribution in [0.1, 0.15) is 72.9 Å². The van der Waals surface area contributed by atoms with Crippen molar-refractivity contribution in [1.29, 1.82) is 0 Å². The molecule has 18 rings (SSSR count). The fourth-order valence-electron chi connectivity index (χ4n) is 15.8. The number of nitrogens with zero attached hydrogens (tertiary/aromatic N) is 2. The van der Waals surface area contributed by atoms with Crippen molar-refractivity contribution in [3.05, 3.63) is 325 Å². The predicted molar refractivity (Wildman–Crippen MR) is 392 cm³/mol. The van der Waals surface area contributed by atoms with E-state index < -0.39 is 5.41 Å². The van der Waals surface area contributed by atoms with Gasteiger partial charge in [-0.3, -0.25) is 0 Å². The van der Waals surface area contributed by atoms with E-state index in [4.69, 9.17) is 0 Å². The maximum atomic E-state index is 2.61. The Morgan fingerprint density at radius 2 is 0.648 bits per heavy atom. The Hall–Kier alpha value is -10.4. The lowest BCUT2D eigenvalue weighted by atomic mass is 9.67. The monoisotopic (exact) mass is 1200 g/mol. The number of fused-ring (bicyclic) bond motifs is 20. The molecule has 91 heavy (non-hydrogen) atoms. The summed E-state index contributed by atoms with van der Waals surface area (Å²) in [5.74, 6) is 0.513. The molecule has 432 valence electrons. The molecule has 0 radical (unpaired) electrons. The number of para-hydroxylation sites is 2. The van der Waals surface area contributed by atoms with Crippen LogP contribution in [-0.4, -0.2) is 0 Å². The molecular formula is C87H62N2S2. The van der Waals surface area contributed by atoms with Gasteiger partial charge in [0, 0.05) is 53.7 Å². The average Bonchev–Trinajstić information content (AvgIpc) is 1.50. The van der Waals surface area contributed by atoms with E-state index >= 15 is 0 Å². The Morgan fingerprint density at radius 3 is 1.10 bits per heavy atom. The van der Waals surface area contributed by atoms with E-state index in [-0.39, 0.29) is 11.8 Å².